The first-order chi connectivity index (χ1) is 15.5. The number of carbonyl (C=O) groups excluding carboxylic acids is 2. The molecule has 0 spiro atoms. The minimum Gasteiger partial charge on any atom is -0.325 e. The Balaban J connectivity index is 1.81. The van der Waals surface area contributed by atoms with Crippen LogP contribution in [0.3, 0.4) is 0 Å². The monoisotopic (exact) mass is 485 g/mol. The molecule has 0 aliphatic heterocycles. The molecule has 1 atom stereocenters. The van der Waals surface area contributed by atoms with E-state index >= 15 is 0 Å². The summed E-state index contributed by atoms with van der Waals surface area (Å²) in [7, 11) is 0. The number of aryl methyl sites for hydroxylation is 3. The highest BCUT2D eigenvalue weighted by Crippen LogP contribution is 2.30. The maximum absolute atomic E-state index is 12.8. The maximum Gasteiger partial charge on any atom is 0.278 e. The van der Waals surface area contributed by atoms with Crippen molar-refractivity contribution < 1.29 is 9.59 Å². The summed E-state index contributed by atoms with van der Waals surface area (Å²) in [5, 5.41) is 14.0. The summed E-state index contributed by atoms with van der Waals surface area (Å²) in [5.74, 6) is -0.525. The van der Waals surface area contributed by atoms with Crippen LogP contribution in [0.5, 0.6) is 0 Å². The van der Waals surface area contributed by atoms with Crippen LogP contribution in [0.2, 0.25) is 5.02 Å². The fourth-order valence-electron chi connectivity index (χ4n) is 3.18. The van der Waals surface area contributed by atoms with Gasteiger partial charge in [-0.05, 0) is 57.0 Å². The van der Waals surface area contributed by atoms with E-state index < -0.39 is 10.8 Å². The summed E-state index contributed by atoms with van der Waals surface area (Å²) >= 11 is 7.18. The van der Waals surface area contributed by atoms with E-state index in [4.69, 9.17) is 11.6 Å². The van der Waals surface area contributed by atoms with Gasteiger partial charge in [0.25, 0.3) is 5.56 Å². The van der Waals surface area contributed by atoms with E-state index in [0.717, 1.165) is 28.5 Å². The van der Waals surface area contributed by atoms with E-state index in [1.807, 2.05) is 32.9 Å². The normalized spacial score (nSPS) is 11.7. The summed E-state index contributed by atoms with van der Waals surface area (Å²) in [5.41, 5.74) is 3.82. The average molecular weight is 486 g/mol. The Bertz CT molecular complexity index is 1290. The molecule has 0 saturated heterocycles. The first-order valence-electron chi connectivity index (χ1n) is 10.1. The lowest BCUT2D eigenvalue weighted by Crippen LogP contribution is -2.24. The van der Waals surface area contributed by atoms with E-state index in [2.05, 4.69) is 25.8 Å². The number of hydrogen-bond acceptors (Lipinski definition) is 6. The fourth-order valence-corrected chi connectivity index (χ4v) is 4.10. The van der Waals surface area contributed by atoms with Gasteiger partial charge in [0.05, 0.1) is 10.9 Å². The van der Waals surface area contributed by atoms with E-state index in [1.54, 1.807) is 25.1 Å². The number of nitrogens with zero attached hydrogens (tertiary/aromatic N) is 2. The van der Waals surface area contributed by atoms with Gasteiger partial charge in [-0.1, -0.05) is 41.1 Å². The topological polar surface area (TPSA) is 117 Å². The second-order valence-corrected chi connectivity index (χ2v) is 9.44. The standard InChI is InChI=1S/C23H24ClN5O3S/c1-11-8-13(3)19(25-15(5)30)17(9-11)20-22(32)27-23(29-28-20)33-14(4)21(31)26-16-7-6-12(2)18(24)10-16/h6-10,14H,1-5H3,(H,25,30)(H,26,31)(H,27,29,32)/t14-/m0/s1. The number of aromatic nitrogens is 3. The second kappa shape index (κ2) is 10.2. The third-order valence-electron chi connectivity index (χ3n) is 4.81. The van der Waals surface area contributed by atoms with Crippen LogP contribution in [0, 0.1) is 20.8 Å². The fraction of sp³-hybridized carbons (Fsp3) is 0.261. The largest absolute Gasteiger partial charge is 0.325 e. The van der Waals surface area contributed by atoms with Crippen molar-refractivity contribution >= 4 is 46.6 Å². The van der Waals surface area contributed by atoms with Gasteiger partial charge in [-0.2, -0.15) is 0 Å². The highest BCUT2D eigenvalue weighted by atomic mass is 35.5. The van der Waals surface area contributed by atoms with Crippen molar-refractivity contribution in [2.24, 2.45) is 0 Å². The summed E-state index contributed by atoms with van der Waals surface area (Å²) in [6.07, 6.45) is 0. The van der Waals surface area contributed by atoms with Crippen molar-refractivity contribution in [2.45, 2.75) is 45.0 Å². The summed E-state index contributed by atoms with van der Waals surface area (Å²) in [4.78, 5) is 39.7. The van der Waals surface area contributed by atoms with Crippen LogP contribution in [-0.2, 0) is 9.59 Å². The molecule has 2 aromatic carbocycles. The van der Waals surface area contributed by atoms with E-state index in [9.17, 15) is 14.4 Å². The van der Waals surface area contributed by atoms with Crippen LogP contribution in [-0.4, -0.2) is 32.2 Å². The van der Waals surface area contributed by atoms with Gasteiger partial charge in [0, 0.05) is 23.2 Å². The van der Waals surface area contributed by atoms with Crippen molar-refractivity contribution in [3.8, 4) is 11.3 Å². The second-order valence-electron chi connectivity index (χ2n) is 7.71. The molecule has 0 bridgehead atoms. The molecular weight excluding hydrogens is 462 g/mol. The lowest BCUT2D eigenvalue weighted by atomic mass is 10.0. The number of aromatic amines is 1. The highest BCUT2D eigenvalue weighted by Gasteiger charge is 2.19. The summed E-state index contributed by atoms with van der Waals surface area (Å²) < 4.78 is 0. The van der Waals surface area contributed by atoms with Crippen LogP contribution in [0.1, 0.15) is 30.5 Å². The SMILES string of the molecule is CC(=O)Nc1c(C)cc(C)cc1-c1nnc(S[C@@H](C)C(=O)Nc2ccc(C)c(Cl)c2)[nH]c1=O. The molecule has 33 heavy (non-hydrogen) atoms. The predicted molar refractivity (Wildman–Crippen MR) is 132 cm³/mol. The maximum atomic E-state index is 12.8. The van der Waals surface area contributed by atoms with Crippen LogP contribution in [0.25, 0.3) is 11.3 Å². The molecule has 3 aromatic rings. The number of hydrogen-bond donors (Lipinski definition) is 3. The zero-order chi connectivity index (χ0) is 24.3. The molecule has 0 aliphatic rings. The molecule has 0 aliphatic carbocycles. The lowest BCUT2D eigenvalue weighted by Gasteiger charge is -2.14. The molecule has 0 saturated carbocycles. The van der Waals surface area contributed by atoms with Gasteiger partial charge in [-0.15, -0.1) is 10.2 Å². The lowest BCUT2D eigenvalue weighted by molar-refractivity contribution is -0.115. The third kappa shape index (κ3) is 6.00. The molecule has 2 amide bonds. The number of nitrogens with one attached hydrogen (secondary N) is 3. The Morgan fingerprint density at radius 2 is 1.79 bits per heavy atom. The minimum atomic E-state index is -0.558. The molecule has 3 rings (SSSR count). The Kier molecular flexibility index (Phi) is 7.55. The van der Waals surface area contributed by atoms with Crippen molar-refractivity contribution in [2.75, 3.05) is 10.6 Å². The van der Waals surface area contributed by atoms with Crippen molar-refractivity contribution in [1.82, 2.24) is 15.2 Å². The molecule has 3 N–H and O–H groups in total. The molecule has 0 unspecified atom stereocenters. The number of rotatable bonds is 6. The van der Waals surface area contributed by atoms with Gasteiger partial charge >= 0.3 is 0 Å². The van der Waals surface area contributed by atoms with Gasteiger partial charge in [0.2, 0.25) is 11.8 Å². The molecule has 10 heteroatoms. The van der Waals surface area contributed by atoms with E-state index in [0.29, 0.717) is 22.0 Å². The molecular formula is C23H24ClN5O3S. The quantitative estimate of drug-likeness (QED) is 0.443. The van der Waals surface area contributed by atoms with Crippen LogP contribution < -0.4 is 16.2 Å². The molecule has 1 heterocycles. The smallest absolute Gasteiger partial charge is 0.278 e. The number of anilines is 2. The van der Waals surface area contributed by atoms with Crippen molar-refractivity contribution in [3.05, 3.63) is 62.4 Å². The number of halogens is 1. The molecule has 0 radical (unpaired) electrons. The molecule has 172 valence electrons. The number of H-pyrrole nitrogens is 1. The first kappa shape index (κ1) is 24.5. The zero-order valence-corrected chi connectivity index (χ0v) is 20.4. The van der Waals surface area contributed by atoms with Gasteiger partial charge in [0.15, 0.2) is 10.9 Å². The number of thioether (sulfide) groups is 1. The van der Waals surface area contributed by atoms with Crippen LogP contribution in [0.15, 0.2) is 40.3 Å². The van der Waals surface area contributed by atoms with E-state index in [1.165, 1.54) is 6.92 Å². The summed E-state index contributed by atoms with van der Waals surface area (Å²) in [6, 6.07) is 8.94. The number of amides is 2. The van der Waals surface area contributed by atoms with Crippen molar-refractivity contribution in [1.29, 1.82) is 0 Å². The predicted octanol–water partition coefficient (Wildman–Crippen LogP) is 4.49. The molecule has 0 fully saturated rings. The van der Waals surface area contributed by atoms with Crippen molar-refractivity contribution in [3.63, 3.8) is 0 Å². The van der Waals surface area contributed by atoms with Gasteiger partial charge < -0.3 is 10.6 Å². The first-order valence-corrected chi connectivity index (χ1v) is 11.4. The van der Waals surface area contributed by atoms with Gasteiger partial charge in [0.1, 0.15) is 0 Å². The van der Waals surface area contributed by atoms with Gasteiger partial charge in [-0.3, -0.25) is 19.4 Å². The Morgan fingerprint density at radius 1 is 1.06 bits per heavy atom. The molecule has 1 aromatic heterocycles. The Morgan fingerprint density at radius 3 is 2.42 bits per heavy atom. The van der Waals surface area contributed by atoms with Crippen LogP contribution in [0.4, 0.5) is 11.4 Å². The third-order valence-corrected chi connectivity index (χ3v) is 6.19. The Labute approximate surface area is 200 Å². The number of benzene rings is 2. The van der Waals surface area contributed by atoms with Crippen LogP contribution >= 0.6 is 23.4 Å². The average Bonchev–Trinajstić information content (AvgIpc) is 2.72. The van der Waals surface area contributed by atoms with E-state index in [-0.39, 0.29) is 22.7 Å². The summed E-state index contributed by atoms with van der Waals surface area (Å²) in [6.45, 7) is 8.71. The molecule has 8 nitrogen and oxygen atoms in total. The van der Waals surface area contributed by atoms with Gasteiger partial charge in [-0.25, -0.2) is 0 Å². The Hall–Kier alpha value is -3.17. The zero-order valence-electron chi connectivity index (χ0n) is 18.9. The number of carbonyl (C=O) groups is 2. The highest BCUT2D eigenvalue weighted by molar-refractivity contribution is 8.00. The minimum absolute atomic E-state index is 0.0845.